The van der Waals surface area contributed by atoms with Gasteiger partial charge in [0.2, 0.25) is 17.5 Å². The van der Waals surface area contributed by atoms with Crippen LogP contribution in [0, 0.1) is 10.1 Å². The molecule has 0 atom stereocenters. The fourth-order valence-corrected chi connectivity index (χ4v) is 3.72. The van der Waals surface area contributed by atoms with Crippen LogP contribution in [0.4, 0.5) is 17.3 Å². The summed E-state index contributed by atoms with van der Waals surface area (Å²) in [6.07, 6.45) is 1.87. The molecule has 9 nitrogen and oxygen atoms in total. The van der Waals surface area contributed by atoms with Gasteiger partial charge in [0.25, 0.3) is 0 Å². The lowest BCUT2D eigenvalue weighted by molar-refractivity contribution is -0.383. The minimum absolute atomic E-state index is 0.0698. The Morgan fingerprint density at radius 3 is 1.94 bits per heavy atom. The molecule has 4 aromatic rings. The number of benzene rings is 3. The van der Waals surface area contributed by atoms with Gasteiger partial charge in [0.05, 0.1) is 10.8 Å². The molecular weight excluding hydrogens is 444 g/mol. The topological polar surface area (TPSA) is 122 Å². The maximum Gasteiger partial charge on any atom is 0.354 e. The molecule has 0 unspecified atom stereocenters. The molecule has 176 valence electrons. The predicted molar refractivity (Wildman–Crippen MR) is 134 cm³/mol. The fourth-order valence-electron chi connectivity index (χ4n) is 3.72. The van der Waals surface area contributed by atoms with Crippen molar-refractivity contribution in [3.8, 4) is 0 Å². The van der Waals surface area contributed by atoms with Gasteiger partial charge in [-0.15, -0.1) is 0 Å². The Hall–Kier alpha value is -4.79. The number of rotatable bonds is 10. The lowest BCUT2D eigenvalue weighted by Gasteiger charge is -2.18. The van der Waals surface area contributed by atoms with Gasteiger partial charge in [0.15, 0.2) is 0 Å². The molecule has 0 saturated carbocycles. The summed E-state index contributed by atoms with van der Waals surface area (Å²) >= 11 is 0. The van der Waals surface area contributed by atoms with Gasteiger partial charge >= 0.3 is 5.69 Å². The Labute approximate surface area is 202 Å². The summed E-state index contributed by atoms with van der Waals surface area (Å²) in [6, 6.07) is 28.4. The van der Waals surface area contributed by atoms with Crippen molar-refractivity contribution in [2.75, 3.05) is 17.3 Å². The van der Waals surface area contributed by atoms with Crippen molar-refractivity contribution in [1.29, 1.82) is 0 Å². The molecule has 3 N–H and O–H groups in total. The highest BCUT2D eigenvalue weighted by molar-refractivity contribution is 5.88. The molecule has 9 heteroatoms. The molecule has 1 aromatic heterocycles. The quantitative estimate of drug-likeness (QED) is 0.234. The first-order valence-electron chi connectivity index (χ1n) is 11.1. The molecule has 0 aliphatic carbocycles. The number of nitro groups is 1. The van der Waals surface area contributed by atoms with Crippen molar-refractivity contribution in [3.63, 3.8) is 0 Å². The Morgan fingerprint density at radius 1 is 0.829 bits per heavy atom. The van der Waals surface area contributed by atoms with Crippen LogP contribution in [0.1, 0.15) is 22.6 Å². The molecule has 0 radical (unpaired) electrons. The maximum absolute atomic E-state index is 13.2. The van der Waals surface area contributed by atoms with Crippen LogP contribution in [0.5, 0.6) is 0 Å². The minimum atomic E-state index is -0.616. The Morgan fingerprint density at radius 2 is 1.37 bits per heavy atom. The van der Waals surface area contributed by atoms with E-state index in [2.05, 4.69) is 26.1 Å². The number of carbonyl (C=O) groups excluding carboxylic acids is 1. The molecule has 0 fully saturated rings. The van der Waals surface area contributed by atoms with E-state index in [-0.39, 0.29) is 23.2 Å². The SMILES string of the molecule is O=C(NNc1ncnc(NCCc2ccccc2)c1[N+](=O)[O-])C(c1ccccc1)c1ccccc1. The first-order valence-corrected chi connectivity index (χ1v) is 11.1. The minimum Gasteiger partial charge on any atom is -0.364 e. The summed E-state index contributed by atoms with van der Waals surface area (Å²) in [5.41, 5.74) is 7.54. The van der Waals surface area contributed by atoms with Crippen molar-refractivity contribution >= 4 is 23.2 Å². The fraction of sp³-hybridized carbons (Fsp3) is 0.115. The number of hydrogen-bond donors (Lipinski definition) is 3. The van der Waals surface area contributed by atoms with Gasteiger partial charge in [-0.2, -0.15) is 0 Å². The third kappa shape index (κ3) is 5.97. The van der Waals surface area contributed by atoms with E-state index in [1.54, 1.807) is 0 Å². The zero-order valence-electron chi connectivity index (χ0n) is 18.8. The molecule has 35 heavy (non-hydrogen) atoms. The van der Waals surface area contributed by atoms with Crippen LogP contribution in [-0.4, -0.2) is 27.3 Å². The summed E-state index contributed by atoms with van der Waals surface area (Å²) in [4.78, 5) is 32.5. The molecule has 1 amide bonds. The highest BCUT2D eigenvalue weighted by Crippen LogP contribution is 2.29. The standard InChI is InChI=1S/C26H24N6O3/c33-26(22(20-12-6-2-7-13-20)21-14-8-3-9-15-21)31-30-25-23(32(34)35)24(28-18-29-25)27-17-16-19-10-4-1-5-11-19/h1-15,18,22H,16-17H2,(H,31,33)(H2,27,28,29,30). The summed E-state index contributed by atoms with van der Waals surface area (Å²) in [7, 11) is 0. The van der Waals surface area contributed by atoms with E-state index in [4.69, 9.17) is 0 Å². The van der Waals surface area contributed by atoms with Gasteiger partial charge < -0.3 is 5.32 Å². The summed E-state index contributed by atoms with van der Waals surface area (Å²) in [5, 5.41) is 14.8. The van der Waals surface area contributed by atoms with Gasteiger partial charge in [-0.1, -0.05) is 91.0 Å². The molecule has 0 spiro atoms. The first-order chi connectivity index (χ1) is 17.1. The summed E-state index contributed by atoms with van der Waals surface area (Å²) in [6.45, 7) is 0.442. The largest absolute Gasteiger partial charge is 0.364 e. The highest BCUT2D eigenvalue weighted by Gasteiger charge is 2.26. The molecule has 0 aliphatic heterocycles. The molecule has 1 heterocycles. The number of aromatic nitrogens is 2. The van der Waals surface area contributed by atoms with E-state index in [9.17, 15) is 14.9 Å². The van der Waals surface area contributed by atoms with E-state index in [0.717, 1.165) is 16.7 Å². The molecule has 0 aliphatic rings. The zero-order valence-corrected chi connectivity index (χ0v) is 18.8. The summed E-state index contributed by atoms with van der Waals surface area (Å²) < 4.78 is 0. The van der Waals surface area contributed by atoms with Crippen LogP contribution in [0.3, 0.4) is 0 Å². The molecule has 4 rings (SSSR count). The molecular formula is C26H24N6O3. The number of anilines is 2. The second-order valence-corrected chi connectivity index (χ2v) is 7.71. The van der Waals surface area contributed by atoms with E-state index in [1.165, 1.54) is 6.33 Å². The van der Waals surface area contributed by atoms with Crippen molar-refractivity contribution in [2.45, 2.75) is 12.3 Å². The van der Waals surface area contributed by atoms with E-state index >= 15 is 0 Å². The number of carbonyl (C=O) groups is 1. The van der Waals surface area contributed by atoms with Crippen LogP contribution in [0.25, 0.3) is 0 Å². The van der Waals surface area contributed by atoms with Crippen molar-refractivity contribution in [2.24, 2.45) is 0 Å². The lowest BCUT2D eigenvalue weighted by Crippen LogP contribution is -2.35. The average molecular weight is 469 g/mol. The molecule has 0 saturated heterocycles. The summed E-state index contributed by atoms with van der Waals surface area (Å²) in [5.74, 6) is -1.04. The van der Waals surface area contributed by atoms with Gasteiger partial charge in [-0.05, 0) is 23.1 Å². The van der Waals surface area contributed by atoms with E-state index < -0.39 is 10.8 Å². The van der Waals surface area contributed by atoms with Crippen LogP contribution < -0.4 is 16.2 Å². The third-order valence-electron chi connectivity index (χ3n) is 5.39. The van der Waals surface area contributed by atoms with E-state index in [0.29, 0.717) is 13.0 Å². The third-order valence-corrected chi connectivity index (χ3v) is 5.39. The number of amides is 1. The Balaban J connectivity index is 1.50. The van der Waals surface area contributed by atoms with Crippen molar-refractivity contribution < 1.29 is 9.72 Å². The smallest absolute Gasteiger partial charge is 0.354 e. The second-order valence-electron chi connectivity index (χ2n) is 7.71. The Bertz CT molecular complexity index is 1230. The van der Waals surface area contributed by atoms with Crippen LogP contribution >= 0.6 is 0 Å². The molecule has 3 aromatic carbocycles. The first kappa shape index (κ1) is 23.4. The van der Waals surface area contributed by atoms with Crippen molar-refractivity contribution in [3.05, 3.63) is 124 Å². The Kier molecular flexibility index (Phi) is 7.59. The number of hydrazine groups is 1. The van der Waals surface area contributed by atoms with Gasteiger partial charge in [0.1, 0.15) is 6.33 Å². The van der Waals surface area contributed by atoms with Crippen LogP contribution in [-0.2, 0) is 11.2 Å². The van der Waals surface area contributed by atoms with Gasteiger partial charge in [0, 0.05) is 6.54 Å². The highest BCUT2D eigenvalue weighted by atomic mass is 16.6. The number of nitrogens with zero attached hydrogens (tertiary/aromatic N) is 3. The lowest BCUT2D eigenvalue weighted by atomic mass is 9.91. The predicted octanol–water partition coefficient (Wildman–Crippen LogP) is 4.31. The normalized spacial score (nSPS) is 10.5. The van der Waals surface area contributed by atoms with Gasteiger partial charge in [-0.3, -0.25) is 25.8 Å². The van der Waals surface area contributed by atoms with Crippen LogP contribution in [0.2, 0.25) is 0 Å². The molecule has 0 bridgehead atoms. The maximum atomic E-state index is 13.2. The van der Waals surface area contributed by atoms with Crippen molar-refractivity contribution in [1.82, 2.24) is 15.4 Å². The zero-order chi connectivity index (χ0) is 24.5. The number of hydrogen-bond acceptors (Lipinski definition) is 7. The van der Waals surface area contributed by atoms with E-state index in [1.807, 2.05) is 91.0 Å². The number of nitrogens with one attached hydrogen (secondary N) is 3. The monoisotopic (exact) mass is 468 g/mol. The van der Waals surface area contributed by atoms with Gasteiger partial charge in [-0.25, -0.2) is 9.97 Å². The van der Waals surface area contributed by atoms with Crippen LogP contribution in [0.15, 0.2) is 97.3 Å². The second kappa shape index (κ2) is 11.4. The average Bonchev–Trinajstić information content (AvgIpc) is 2.89.